The van der Waals surface area contributed by atoms with E-state index in [1.165, 1.54) is 22.3 Å². The Morgan fingerprint density at radius 2 is 2.06 bits per heavy atom. The van der Waals surface area contributed by atoms with Gasteiger partial charge < -0.3 is 0 Å². The van der Waals surface area contributed by atoms with Crippen LogP contribution < -0.4 is 11.3 Å². The van der Waals surface area contributed by atoms with Crippen molar-refractivity contribution < 1.29 is 0 Å². The van der Waals surface area contributed by atoms with Gasteiger partial charge in [0.15, 0.2) is 0 Å². The first-order valence-electron chi connectivity index (χ1n) is 5.72. The predicted octanol–water partition coefficient (Wildman–Crippen LogP) is 3.16. The number of rotatable bonds is 5. The third-order valence-corrected chi connectivity index (χ3v) is 2.99. The van der Waals surface area contributed by atoms with Gasteiger partial charge in [-0.3, -0.25) is 11.3 Å². The number of nitrogens with two attached hydrogens (primary N) is 1. The highest BCUT2D eigenvalue weighted by atomic mass is 15.2. The monoisotopic (exact) mass is 218 g/mol. The van der Waals surface area contributed by atoms with E-state index < -0.39 is 0 Å². The molecular formula is C14H22N2. The lowest BCUT2D eigenvalue weighted by molar-refractivity contribution is 0.515. The molecule has 1 rings (SSSR count). The Bertz CT molecular complexity index is 369. The molecule has 0 saturated heterocycles. The number of benzene rings is 1. The molecule has 0 heterocycles. The van der Waals surface area contributed by atoms with Crippen LogP contribution in [0.4, 0.5) is 0 Å². The van der Waals surface area contributed by atoms with Gasteiger partial charge in [-0.25, -0.2) is 0 Å². The van der Waals surface area contributed by atoms with Crippen LogP contribution in [0.25, 0.3) is 0 Å². The van der Waals surface area contributed by atoms with Gasteiger partial charge in [0.2, 0.25) is 0 Å². The van der Waals surface area contributed by atoms with Gasteiger partial charge >= 0.3 is 0 Å². The standard InChI is InChI=1S/C14H22N2/c1-10(2)5-8-14(16-15)13-7-6-11(3)12(4)9-13/h6-7,9,14,16H,1,5,8,15H2,2-4H3. The van der Waals surface area contributed by atoms with Crippen molar-refractivity contribution in [3.8, 4) is 0 Å². The Morgan fingerprint density at radius 3 is 2.56 bits per heavy atom. The van der Waals surface area contributed by atoms with Crippen molar-refractivity contribution in [2.75, 3.05) is 0 Å². The van der Waals surface area contributed by atoms with Crippen molar-refractivity contribution in [3.63, 3.8) is 0 Å². The van der Waals surface area contributed by atoms with E-state index in [0.29, 0.717) is 0 Å². The highest BCUT2D eigenvalue weighted by Crippen LogP contribution is 2.21. The summed E-state index contributed by atoms with van der Waals surface area (Å²) >= 11 is 0. The first-order valence-corrected chi connectivity index (χ1v) is 5.72. The van der Waals surface area contributed by atoms with Crippen molar-refractivity contribution in [2.24, 2.45) is 5.84 Å². The molecule has 0 amide bonds. The fourth-order valence-corrected chi connectivity index (χ4v) is 1.72. The number of hydrogen-bond donors (Lipinski definition) is 2. The van der Waals surface area contributed by atoms with Gasteiger partial charge in [0.05, 0.1) is 0 Å². The molecule has 0 radical (unpaired) electrons. The maximum atomic E-state index is 5.60. The second-order valence-electron chi connectivity index (χ2n) is 4.56. The zero-order chi connectivity index (χ0) is 12.1. The summed E-state index contributed by atoms with van der Waals surface area (Å²) in [5.41, 5.74) is 7.97. The van der Waals surface area contributed by atoms with Crippen molar-refractivity contribution in [2.45, 2.75) is 39.7 Å². The number of hydrazine groups is 1. The van der Waals surface area contributed by atoms with Crippen LogP contribution in [0, 0.1) is 13.8 Å². The summed E-state index contributed by atoms with van der Waals surface area (Å²) < 4.78 is 0. The first kappa shape index (κ1) is 12.9. The fraction of sp³-hybridized carbons (Fsp3) is 0.429. The average Bonchev–Trinajstić information content (AvgIpc) is 2.23. The van der Waals surface area contributed by atoms with E-state index in [0.717, 1.165) is 12.8 Å². The molecule has 0 aromatic heterocycles. The summed E-state index contributed by atoms with van der Waals surface area (Å²) in [6, 6.07) is 6.72. The van der Waals surface area contributed by atoms with E-state index in [9.17, 15) is 0 Å². The van der Waals surface area contributed by atoms with Gasteiger partial charge in [-0.1, -0.05) is 23.8 Å². The number of allylic oxidation sites excluding steroid dienone is 1. The van der Waals surface area contributed by atoms with Crippen LogP contribution in [-0.4, -0.2) is 0 Å². The third kappa shape index (κ3) is 3.47. The van der Waals surface area contributed by atoms with Crippen LogP contribution >= 0.6 is 0 Å². The van der Waals surface area contributed by atoms with Crippen molar-refractivity contribution in [3.05, 3.63) is 47.0 Å². The van der Waals surface area contributed by atoms with Gasteiger partial charge in [-0.2, -0.15) is 0 Å². The summed E-state index contributed by atoms with van der Waals surface area (Å²) in [6.45, 7) is 10.2. The van der Waals surface area contributed by atoms with Crippen LogP contribution in [0.5, 0.6) is 0 Å². The molecule has 0 fully saturated rings. The van der Waals surface area contributed by atoms with Crippen LogP contribution in [0.15, 0.2) is 30.4 Å². The molecule has 0 aliphatic rings. The van der Waals surface area contributed by atoms with E-state index in [4.69, 9.17) is 5.84 Å². The maximum absolute atomic E-state index is 5.60. The minimum absolute atomic E-state index is 0.219. The SMILES string of the molecule is C=C(C)CCC(NN)c1ccc(C)c(C)c1. The molecule has 1 aromatic rings. The maximum Gasteiger partial charge on any atom is 0.0463 e. The molecule has 0 bridgehead atoms. The summed E-state index contributed by atoms with van der Waals surface area (Å²) in [5.74, 6) is 5.60. The zero-order valence-electron chi connectivity index (χ0n) is 10.5. The van der Waals surface area contributed by atoms with Gasteiger partial charge in [0.1, 0.15) is 0 Å². The van der Waals surface area contributed by atoms with E-state index in [2.05, 4.69) is 44.1 Å². The highest BCUT2D eigenvalue weighted by Gasteiger charge is 2.09. The molecule has 0 aliphatic heterocycles. The number of nitrogens with one attached hydrogen (secondary N) is 1. The Balaban J connectivity index is 2.78. The molecule has 2 heteroatoms. The molecule has 3 N–H and O–H groups in total. The second-order valence-corrected chi connectivity index (χ2v) is 4.56. The Hall–Kier alpha value is -1.12. The third-order valence-electron chi connectivity index (χ3n) is 2.99. The number of aryl methyl sites for hydroxylation is 2. The molecule has 1 unspecified atom stereocenters. The van der Waals surface area contributed by atoms with Crippen LogP contribution in [-0.2, 0) is 0 Å². The summed E-state index contributed by atoms with van der Waals surface area (Å²) in [7, 11) is 0. The molecular weight excluding hydrogens is 196 g/mol. The Kier molecular flexibility index (Phi) is 4.71. The molecule has 0 saturated carbocycles. The van der Waals surface area contributed by atoms with Gasteiger partial charge in [-0.15, -0.1) is 6.58 Å². The summed E-state index contributed by atoms with van der Waals surface area (Å²) in [5, 5.41) is 0. The van der Waals surface area contributed by atoms with Crippen molar-refractivity contribution in [1.82, 2.24) is 5.43 Å². The molecule has 16 heavy (non-hydrogen) atoms. The minimum Gasteiger partial charge on any atom is -0.271 e. The summed E-state index contributed by atoms with van der Waals surface area (Å²) in [4.78, 5) is 0. The van der Waals surface area contributed by atoms with Gasteiger partial charge in [0, 0.05) is 6.04 Å². The van der Waals surface area contributed by atoms with Gasteiger partial charge in [-0.05, 0) is 50.3 Å². The second kappa shape index (κ2) is 5.83. The Morgan fingerprint density at radius 1 is 1.38 bits per heavy atom. The molecule has 1 atom stereocenters. The van der Waals surface area contributed by atoms with E-state index in [1.54, 1.807) is 0 Å². The normalized spacial score (nSPS) is 12.5. The molecule has 88 valence electrons. The van der Waals surface area contributed by atoms with Crippen LogP contribution in [0.1, 0.15) is 42.5 Å². The predicted molar refractivity (Wildman–Crippen MR) is 70.0 cm³/mol. The first-order chi connectivity index (χ1) is 7.54. The quantitative estimate of drug-likeness (QED) is 0.452. The molecule has 1 aromatic carbocycles. The highest BCUT2D eigenvalue weighted by molar-refractivity contribution is 5.31. The lowest BCUT2D eigenvalue weighted by Crippen LogP contribution is -2.28. The fourth-order valence-electron chi connectivity index (χ4n) is 1.72. The zero-order valence-corrected chi connectivity index (χ0v) is 10.5. The van der Waals surface area contributed by atoms with E-state index >= 15 is 0 Å². The lowest BCUT2D eigenvalue weighted by atomic mass is 9.97. The lowest BCUT2D eigenvalue weighted by Gasteiger charge is -2.17. The smallest absolute Gasteiger partial charge is 0.0463 e. The molecule has 0 spiro atoms. The minimum atomic E-state index is 0.219. The van der Waals surface area contributed by atoms with Crippen molar-refractivity contribution >= 4 is 0 Å². The topological polar surface area (TPSA) is 38.0 Å². The van der Waals surface area contributed by atoms with Crippen molar-refractivity contribution in [1.29, 1.82) is 0 Å². The van der Waals surface area contributed by atoms with Crippen LogP contribution in [0.2, 0.25) is 0 Å². The Labute approximate surface area is 98.5 Å². The van der Waals surface area contributed by atoms with Gasteiger partial charge in [0.25, 0.3) is 0 Å². The molecule has 2 nitrogen and oxygen atoms in total. The van der Waals surface area contributed by atoms with E-state index in [-0.39, 0.29) is 6.04 Å². The number of hydrogen-bond acceptors (Lipinski definition) is 2. The largest absolute Gasteiger partial charge is 0.271 e. The molecule has 0 aliphatic carbocycles. The average molecular weight is 218 g/mol. The van der Waals surface area contributed by atoms with E-state index in [1.807, 2.05) is 6.92 Å². The summed E-state index contributed by atoms with van der Waals surface area (Å²) in [6.07, 6.45) is 2.00. The van der Waals surface area contributed by atoms with Crippen LogP contribution in [0.3, 0.4) is 0 Å².